The quantitative estimate of drug-likeness (QED) is 0.836. The average molecular weight is 266 g/mol. The Morgan fingerprint density at radius 2 is 2.11 bits per heavy atom. The predicted molar refractivity (Wildman–Crippen MR) is 67.7 cm³/mol. The lowest BCUT2D eigenvalue weighted by Crippen LogP contribution is -2.29. The number of carbonyl (C=O) groups excluding carboxylic acids is 1. The molecule has 1 saturated heterocycles. The summed E-state index contributed by atoms with van der Waals surface area (Å²) in [5.41, 5.74) is 0.150. The number of likely N-dealkylation sites (tertiary alicyclic amines) is 1. The van der Waals surface area contributed by atoms with Gasteiger partial charge >= 0.3 is 5.97 Å². The molecule has 2 rings (SSSR count). The fourth-order valence-electron chi connectivity index (χ4n) is 1.86. The number of aromatic nitrogens is 1. The molecule has 1 fully saturated rings. The summed E-state index contributed by atoms with van der Waals surface area (Å²) in [6, 6.07) is 3.08. The van der Waals surface area contributed by atoms with E-state index in [0.717, 1.165) is 25.9 Å². The molecule has 96 valence electrons. The van der Waals surface area contributed by atoms with E-state index in [9.17, 15) is 9.59 Å². The van der Waals surface area contributed by atoms with Crippen LogP contribution >= 0.6 is 11.8 Å². The van der Waals surface area contributed by atoms with Crippen LogP contribution in [0.4, 0.5) is 0 Å². The Morgan fingerprint density at radius 3 is 2.78 bits per heavy atom. The van der Waals surface area contributed by atoms with Gasteiger partial charge in [0.05, 0.1) is 11.3 Å². The Kier molecular flexibility index (Phi) is 4.19. The molecule has 5 nitrogen and oxygen atoms in total. The van der Waals surface area contributed by atoms with Crippen LogP contribution in [0, 0.1) is 0 Å². The summed E-state index contributed by atoms with van der Waals surface area (Å²) < 4.78 is 0. The average Bonchev–Trinajstić information content (AvgIpc) is 2.90. The van der Waals surface area contributed by atoms with Gasteiger partial charge in [0.2, 0.25) is 5.91 Å². The third-order valence-electron chi connectivity index (χ3n) is 2.79. The van der Waals surface area contributed by atoms with Crippen LogP contribution in [-0.4, -0.2) is 45.7 Å². The molecule has 1 aliphatic heterocycles. The van der Waals surface area contributed by atoms with Gasteiger partial charge in [-0.3, -0.25) is 4.79 Å². The largest absolute Gasteiger partial charge is 0.478 e. The van der Waals surface area contributed by atoms with E-state index in [1.807, 2.05) is 4.90 Å². The number of pyridine rings is 1. The molecular weight excluding hydrogens is 252 g/mol. The van der Waals surface area contributed by atoms with E-state index >= 15 is 0 Å². The second kappa shape index (κ2) is 5.86. The van der Waals surface area contributed by atoms with Crippen LogP contribution in [0.15, 0.2) is 23.4 Å². The molecule has 0 unspecified atom stereocenters. The molecule has 6 heteroatoms. The SMILES string of the molecule is O=C(O)c1cccnc1SCC(=O)N1CCCC1. The van der Waals surface area contributed by atoms with Crippen LogP contribution in [0.2, 0.25) is 0 Å². The van der Waals surface area contributed by atoms with Gasteiger partial charge in [-0.1, -0.05) is 11.8 Å². The maximum atomic E-state index is 11.8. The van der Waals surface area contributed by atoms with Gasteiger partial charge in [-0.2, -0.15) is 0 Å². The van der Waals surface area contributed by atoms with E-state index in [1.54, 1.807) is 6.07 Å². The number of aromatic carboxylic acids is 1. The monoisotopic (exact) mass is 266 g/mol. The molecule has 1 aromatic rings. The maximum Gasteiger partial charge on any atom is 0.338 e. The van der Waals surface area contributed by atoms with E-state index in [1.165, 1.54) is 24.0 Å². The lowest BCUT2D eigenvalue weighted by Gasteiger charge is -2.14. The number of nitrogens with zero attached hydrogens (tertiary/aromatic N) is 2. The number of amides is 1. The lowest BCUT2D eigenvalue weighted by molar-refractivity contribution is -0.127. The first-order valence-corrected chi connectivity index (χ1v) is 6.76. The van der Waals surface area contributed by atoms with E-state index in [0.29, 0.717) is 5.03 Å². The molecule has 0 spiro atoms. The second-order valence-electron chi connectivity index (χ2n) is 4.04. The standard InChI is InChI=1S/C12H14N2O3S/c15-10(14-6-1-2-7-14)8-18-11-9(12(16)17)4-3-5-13-11/h3-5H,1-2,6-8H2,(H,16,17). The van der Waals surface area contributed by atoms with Gasteiger partial charge in [-0.15, -0.1) is 0 Å². The van der Waals surface area contributed by atoms with Gasteiger partial charge in [0.25, 0.3) is 0 Å². The van der Waals surface area contributed by atoms with Crippen molar-refractivity contribution in [1.82, 2.24) is 9.88 Å². The molecule has 1 aromatic heterocycles. The van der Waals surface area contributed by atoms with Crippen LogP contribution < -0.4 is 0 Å². The summed E-state index contributed by atoms with van der Waals surface area (Å²) in [5.74, 6) is -0.712. The second-order valence-corrected chi connectivity index (χ2v) is 5.00. The van der Waals surface area contributed by atoms with Crippen LogP contribution in [0.5, 0.6) is 0 Å². The summed E-state index contributed by atoms with van der Waals surface area (Å²) in [5, 5.41) is 9.39. The molecular formula is C12H14N2O3S. The highest BCUT2D eigenvalue weighted by Gasteiger charge is 2.19. The summed E-state index contributed by atoms with van der Waals surface area (Å²) in [4.78, 5) is 28.6. The highest BCUT2D eigenvalue weighted by Crippen LogP contribution is 2.21. The molecule has 0 aliphatic carbocycles. The maximum absolute atomic E-state index is 11.8. The zero-order valence-electron chi connectivity index (χ0n) is 9.83. The number of carbonyl (C=O) groups is 2. The summed E-state index contributed by atoms with van der Waals surface area (Å²) in [6.45, 7) is 1.63. The fraction of sp³-hybridized carbons (Fsp3) is 0.417. The summed E-state index contributed by atoms with van der Waals surface area (Å²) in [7, 11) is 0. The third kappa shape index (κ3) is 3.01. The van der Waals surface area contributed by atoms with Crippen molar-refractivity contribution in [2.75, 3.05) is 18.8 Å². The summed E-state index contributed by atoms with van der Waals surface area (Å²) >= 11 is 1.19. The van der Waals surface area contributed by atoms with E-state index in [4.69, 9.17) is 5.11 Å². The number of rotatable bonds is 4. The number of carboxylic acid groups (broad SMARTS) is 1. The first-order valence-electron chi connectivity index (χ1n) is 5.77. The Hall–Kier alpha value is -1.56. The fourth-order valence-corrected chi connectivity index (χ4v) is 2.75. The molecule has 18 heavy (non-hydrogen) atoms. The van der Waals surface area contributed by atoms with Crippen LogP contribution in [-0.2, 0) is 4.79 Å². The molecule has 0 radical (unpaired) electrons. The molecule has 0 bridgehead atoms. The highest BCUT2D eigenvalue weighted by atomic mass is 32.2. The smallest absolute Gasteiger partial charge is 0.338 e. The van der Waals surface area contributed by atoms with E-state index < -0.39 is 5.97 Å². The van der Waals surface area contributed by atoms with Crippen LogP contribution in [0.3, 0.4) is 0 Å². The molecule has 1 aliphatic rings. The minimum absolute atomic E-state index is 0.0551. The Bertz CT molecular complexity index is 458. The van der Waals surface area contributed by atoms with Gasteiger partial charge in [0.15, 0.2) is 0 Å². The van der Waals surface area contributed by atoms with Crippen LogP contribution in [0.25, 0.3) is 0 Å². The number of hydrogen-bond donors (Lipinski definition) is 1. The van der Waals surface area contributed by atoms with E-state index in [2.05, 4.69) is 4.98 Å². The molecule has 1 N–H and O–H groups in total. The highest BCUT2D eigenvalue weighted by molar-refractivity contribution is 8.00. The first kappa shape index (κ1) is 12.9. The topological polar surface area (TPSA) is 70.5 Å². The van der Waals surface area contributed by atoms with Crippen molar-refractivity contribution in [1.29, 1.82) is 0 Å². The van der Waals surface area contributed by atoms with E-state index in [-0.39, 0.29) is 17.2 Å². The van der Waals surface area contributed by atoms with Crippen molar-refractivity contribution >= 4 is 23.6 Å². The minimum Gasteiger partial charge on any atom is -0.478 e. The predicted octanol–water partition coefficient (Wildman–Crippen LogP) is 1.49. The van der Waals surface area contributed by atoms with Gasteiger partial charge < -0.3 is 10.0 Å². The molecule has 0 saturated carbocycles. The van der Waals surface area contributed by atoms with Crippen molar-refractivity contribution in [3.05, 3.63) is 23.9 Å². The molecule has 0 aromatic carbocycles. The lowest BCUT2D eigenvalue weighted by atomic mass is 10.3. The van der Waals surface area contributed by atoms with Gasteiger partial charge in [-0.05, 0) is 25.0 Å². The Labute approximate surface area is 109 Å². The van der Waals surface area contributed by atoms with Crippen molar-refractivity contribution < 1.29 is 14.7 Å². The Morgan fingerprint density at radius 1 is 1.39 bits per heavy atom. The van der Waals surface area contributed by atoms with Gasteiger partial charge in [0, 0.05) is 19.3 Å². The number of thioether (sulfide) groups is 1. The van der Waals surface area contributed by atoms with Crippen molar-refractivity contribution in [2.24, 2.45) is 0 Å². The zero-order chi connectivity index (χ0) is 13.0. The molecule has 2 heterocycles. The molecule has 0 atom stereocenters. The number of hydrogen-bond acceptors (Lipinski definition) is 4. The van der Waals surface area contributed by atoms with Crippen molar-refractivity contribution in [2.45, 2.75) is 17.9 Å². The molecule has 1 amide bonds. The van der Waals surface area contributed by atoms with Crippen molar-refractivity contribution in [3.63, 3.8) is 0 Å². The summed E-state index contributed by atoms with van der Waals surface area (Å²) in [6.07, 6.45) is 3.65. The van der Waals surface area contributed by atoms with Crippen LogP contribution in [0.1, 0.15) is 23.2 Å². The Balaban J connectivity index is 1.97. The van der Waals surface area contributed by atoms with Crippen molar-refractivity contribution in [3.8, 4) is 0 Å². The normalized spacial score (nSPS) is 14.8. The van der Waals surface area contributed by atoms with Gasteiger partial charge in [0.1, 0.15) is 5.03 Å². The van der Waals surface area contributed by atoms with Gasteiger partial charge in [-0.25, -0.2) is 9.78 Å². The number of carboxylic acids is 1. The minimum atomic E-state index is -1.01. The zero-order valence-corrected chi connectivity index (χ0v) is 10.7. The first-order chi connectivity index (χ1) is 8.68. The third-order valence-corrected chi connectivity index (χ3v) is 3.78.